The summed E-state index contributed by atoms with van der Waals surface area (Å²) in [5, 5.41) is 21.0. The lowest BCUT2D eigenvalue weighted by atomic mass is 10.1. The topological polar surface area (TPSA) is 138 Å². The minimum Gasteiger partial charge on any atom is -0.497 e. The smallest absolute Gasteiger partial charge is 0.167 e. The number of aromatic nitrogens is 4. The Morgan fingerprint density at radius 2 is 2.07 bits per heavy atom. The van der Waals surface area contributed by atoms with Crippen molar-refractivity contribution in [3.8, 4) is 5.75 Å². The Kier molecular flexibility index (Phi) is 5.33. The molecule has 0 spiro atoms. The summed E-state index contributed by atoms with van der Waals surface area (Å²) in [6.07, 6.45) is -1.38. The van der Waals surface area contributed by atoms with Crippen molar-refractivity contribution in [1.82, 2.24) is 19.5 Å². The van der Waals surface area contributed by atoms with Crippen LogP contribution in [0.2, 0.25) is 0 Å². The number of aliphatic hydroxyl groups is 2. The van der Waals surface area contributed by atoms with E-state index in [0.717, 1.165) is 11.3 Å². The minimum absolute atomic E-state index is 0.0941. The Hall–Kier alpha value is -2.79. The van der Waals surface area contributed by atoms with E-state index in [9.17, 15) is 10.2 Å². The van der Waals surface area contributed by atoms with Crippen LogP contribution in [0.25, 0.3) is 11.2 Å². The highest BCUT2D eigenvalue weighted by atomic mass is 16.6. The van der Waals surface area contributed by atoms with Crippen LogP contribution in [0.3, 0.4) is 0 Å². The standard InChI is InChI=1S/C19H23N5O5/c1-10(11-4-3-5-12(6-11)27-2)28-7-13-15(25)16(26)19(29-13)24-9-23-14-17(20)21-8-22-18(14)24/h3-6,8-10,13,15-16,19,25-26H,7H2,1-2H3,(H2,20,21,22)/t10-,13-,15-,16-,19-/m1/s1. The number of nitrogens with two attached hydrogens (primary N) is 1. The second kappa shape index (κ2) is 7.91. The number of imidazole rings is 1. The van der Waals surface area contributed by atoms with Gasteiger partial charge in [-0.15, -0.1) is 0 Å². The molecule has 5 atom stereocenters. The van der Waals surface area contributed by atoms with Gasteiger partial charge in [0, 0.05) is 0 Å². The van der Waals surface area contributed by atoms with Crippen molar-refractivity contribution < 1.29 is 24.4 Å². The van der Waals surface area contributed by atoms with Crippen LogP contribution in [-0.4, -0.2) is 61.8 Å². The molecule has 1 aromatic carbocycles. The molecule has 1 aliphatic rings. The number of fused-ring (bicyclic) bond motifs is 1. The van der Waals surface area contributed by atoms with Crippen molar-refractivity contribution >= 4 is 17.0 Å². The van der Waals surface area contributed by atoms with E-state index >= 15 is 0 Å². The molecule has 1 aliphatic heterocycles. The minimum atomic E-state index is -1.18. The number of hydrogen-bond donors (Lipinski definition) is 3. The molecule has 3 aromatic rings. The first-order valence-electron chi connectivity index (χ1n) is 9.19. The predicted octanol–water partition coefficient (Wildman–Crippen LogP) is 0.814. The Morgan fingerprint density at radius 3 is 2.86 bits per heavy atom. The van der Waals surface area contributed by atoms with E-state index in [2.05, 4.69) is 15.0 Å². The predicted molar refractivity (Wildman–Crippen MR) is 103 cm³/mol. The molecule has 0 unspecified atom stereocenters. The molecule has 4 rings (SSSR count). The second-order valence-electron chi connectivity index (χ2n) is 6.88. The number of benzene rings is 1. The third-order valence-electron chi connectivity index (χ3n) is 5.07. The maximum Gasteiger partial charge on any atom is 0.167 e. The summed E-state index contributed by atoms with van der Waals surface area (Å²) >= 11 is 0. The summed E-state index contributed by atoms with van der Waals surface area (Å²) < 4.78 is 18.5. The highest BCUT2D eigenvalue weighted by molar-refractivity contribution is 5.81. The molecule has 0 bridgehead atoms. The first-order chi connectivity index (χ1) is 14.0. The zero-order valence-corrected chi connectivity index (χ0v) is 16.0. The molecule has 1 saturated heterocycles. The number of anilines is 1. The first kappa shape index (κ1) is 19.5. The van der Waals surface area contributed by atoms with Crippen LogP contribution in [0.1, 0.15) is 24.8 Å². The highest BCUT2D eigenvalue weighted by Crippen LogP contribution is 2.33. The molecule has 3 heterocycles. The Labute approximate surface area is 166 Å². The van der Waals surface area contributed by atoms with Crippen molar-refractivity contribution in [2.75, 3.05) is 19.5 Å². The molecule has 0 saturated carbocycles. The molecule has 1 fully saturated rings. The number of methoxy groups -OCH3 is 1. The van der Waals surface area contributed by atoms with Crippen molar-refractivity contribution in [2.45, 2.75) is 37.6 Å². The lowest BCUT2D eigenvalue weighted by molar-refractivity contribution is -0.0788. The number of nitrogens with zero attached hydrogens (tertiary/aromatic N) is 4. The lowest BCUT2D eigenvalue weighted by Gasteiger charge is -2.19. The molecular formula is C19H23N5O5. The number of ether oxygens (including phenoxy) is 3. The van der Waals surface area contributed by atoms with Crippen molar-refractivity contribution in [3.63, 3.8) is 0 Å². The van der Waals surface area contributed by atoms with Gasteiger partial charge in [0.15, 0.2) is 17.7 Å². The molecule has 2 aromatic heterocycles. The summed E-state index contributed by atoms with van der Waals surface area (Å²) in [7, 11) is 1.60. The fourth-order valence-corrected chi connectivity index (χ4v) is 3.38. The fourth-order valence-electron chi connectivity index (χ4n) is 3.38. The first-order valence-corrected chi connectivity index (χ1v) is 9.19. The van der Waals surface area contributed by atoms with Crippen LogP contribution < -0.4 is 10.5 Å². The SMILES string of the molecule is COc1cccc([C@@H](C)OC[C@H]2O[C@@H](n3cnc4c(N)ncnc43)[C@H](O)[C@@H]2O)c1. The Balaban J connectivity index is 1.46. The van der Waals surface area contributed by atoms with Gasteiger partial charge >= 0.3 is 0 Å². The van der Waals surface area contributed by atoms with E-state index in [-0.39, 0.29) is 18.5 Å². The van der Waals surface area contributed by atoms with Gasteiger partial charge in [-0.3, -0.25) is 4.57 Å². The van der Waals surface area contributed by atoms with Gasteiger partial charge in [0.2, 0.25) is 0 Å². The highest BCUT2D eigenvalue weighted by Gasteiger charge is 2.44. The molecule has 4 N–H and O–H groups in total. The maximum absolute atomic E-state index is 10.5. The molecule has 10 heteroatoms. The van der Waals surface area contributed by atoms with Crippen LogP contribution >= 0.6 is 0 Å². The van der Waals surface area contributed by atoms with E-state index in [0.29, 0.717) is 11.2 Å². The van der Waals surface area contributed by atoms with Gasteiger partial charge in [-0.05, 0) is 24.6 Å². The van der Waals surface area contributed by atoms with Gasteiger partial charge < -0.3 is 30.2 Å². The van der Waals surface area contributed by atoms with E-state index in [1.165, 1.54) is 17.2 Å². The molecular weight excluding hydrogens is 378 g/mol. The Bertz CT molecular complexity index is 996. The van der Waals surface area contributed by atoms with Crippen molar-refractivity contribution in [1.29, 1.82) is 0 Å². The van der Waals surface area contributed by atoms with Crippen LogP contribution in [-0.2, 0) is 9.47 Å². The normalized spacial score (nSPS) is 25.4. The zero-order chi connectivity index (χ0) is 20.5. The Morgan fingerprint density at radius 1 is 1.24 bits per heavy atom. The largest absolute Gasteiger partial charge is 0.497 e. The van der Waals surface area contributed by atoms with E-state index in [1.54, 1.807) is 7.11 Å². The van der Waals surface area contributed by atoms with Gasteiger partial charge in [0.1, 0.15) is 35.9 Å². The molecule has 0 aliphatic carbocycles. The monoisotopic (exact) mass is 401 g/mol. The van der Waals surface area contributed by atoms with Gasteiger partial charge in [-0.25, -0.2) is 15.0 Å². The van der Waals surface area contributed by atoms with Gasteiger partial charge in [0.25, 0.3) is 0 Å². The summed E-state index contributed by atoms with van der Waals surface area (Å²) in [5.41, 5.74) is 7.56. The average molecular weight is 401 g/mol. The zero-order valence-electron chi connectivity index (χ0n) is 16.0. The molecule has 154 valence electrons. The molecule has 0 amide bonds. The number of hydrogen-bond acceptors (Lipinski definition) is 9. The molecule has 0 radical (unpaired) electrons. The van der Waals surface area contributed by atoms with E-state index < -0.39 is 24.5 Å². The van der Waals surface area contributed by atoms with Crippen molar-refractivity contribution in [2.24, 2.45) is 0 Å². The van der Waals surface area contributed by atoms with Crippen LogP contribution in [0, 0.1) is 0 Å². The fraction of sp³-hybridized carbons (Fsp3) is 0.421. The summed E-state index contributed by atoms with van der Waals surface area (Å²) in [5.74, 6) is 0.965. The van der Waals surface area contributed by atoms with Crippen LogP contribution in [0.4, 0.5) is 5.82 Å². The number of rotatable bonds is 6. The summed E-state index contributed by atoms with van der Waals surface area (Å²) in [6.45, 7) is 1.99. The van der Waals surface area contributed by atoms with Gasteiger partial charge in [-0.2, -0.15) is 0 Å². The summed E-state index contributed by atoms with van der Waals surface area (Å²) in [4.78, 5) is 12.2. The second-order valence-corrected chi connectivity index (χ2v) is 6.88. The lowest BCUT2D eigenvalue weighted by Crippen LogP contribution is -2.34. The molecule has 10 nitrogen and oxygen atoms in total. The average Bonchev–Trinajstić information content (AvgIpc) is 3.29. The van der Waals surface area contributed by atoms with Gasteiger partial charge in [-0.1, -0.05) is 12.1 Å². The third-order valence-corrected chi connectivity index (χ3v) is 5.07. The number of aliphatic hydroxyl groups excluding tert-OH is 2. The van der Waals surface area contributed by atoms with Crippen LogP contribution in [0.15, 0.2) is 36.9 Å². The quantitative estimate of drug-likeness (QED) is 0.548. The van der Waals surface area contributed by atoms with E-state index in [1.807, 2.05) is 31.2 Å². The van der Waals surface area contributed by atoms with Crippen molar-refractivity contribution in [3.05, 3.63) is 42.5 Å². The van der Waals surface area contributed by atoms with E-state index in [4.69, 9.17) is 19.9 Å². The maximum atomic E-state index is 10.5. The number of nitrogen functional groups attached to an aromatic ring is 1. The third kappa shape index (κ3) is 3.62. The summed E-state index contributed by atoms with van der Waals surface area (Å²) in [6, 6.07) is 7.55. The van der Waals surface area contributed by atoms with Crippen LogP contribution in [0.5, 0.6) is 5.75 Å². The van der Waals surface area contributed by atoms with Gasteiger partial charge in [0.05, 0.1) is 26.1 Å². The molecule has 29 heavy (non-hydrogen) atoms.